The van der Waals surface area contributed by atoms with Gasteiger partial charge in [0, 0.05) is 31.2 Å². The van der Waals surface area contributed by atoms with E-state index < -0.39 is 0 Å². The third-order valence-corrected chi connectivity index (χ3v) is 2.66. The molecule has 0 aliphatic heterocycles. The molecule has 1 N–H and O–H groups in total. The van der Waals surface area contributed by atoms with Gasteiger partial charge in [-0.25, -0.2) is 0 Å². The number of likely N-dealkylation sites (N-methyl/N-ethyl adjacent to an activating group) is 1. The molecule has 0 unspecified atom stereocenters. The lowest BCUT2D eigenvalue weighted by Crippen LogP contribution is -2.29. The van der Waals surface area contributed by atoms with Gasteiger partial charge in [-0.15, -0.1) is 0 Å². The maximum absolute atomic E-state index is 5.29. The summed E-state index contributed by atoms with van der Waals surface area (Å²) in [6, 6.07) is 2.54. The molecule has 0 saturated carbocycles. The summed E-state index contributed by atoms with van der Waals surface area (Å²) in [4.78, 5) is 2.25. The lowest BCUT2D eigenvalue weighted by Gasteiger charge is -2.18. The standard InChI is InChI=1S/C14H24N2O/c1-11(2)15-8-12(3)9-16(5)10-14-6-7-17-13(14)4/h6-7,11,15H,3,8-10H2,1-2,4-5H3. The maximum Gasteiger partial charge on any atom is 0.105 e. The fourth-order valence-electron chi connectivity index (χ4n) is 1.71. The van der Waals surface area contributed by atoms with Crippen molar-refractivity contribution in [2.45, 2.75) is 33.4 Å². The van der Waals surface area contributed by atoms with Gasteiger partial charge < -0.3 is 9.73 Å². The van der Waals surface area contributed by atoms with Gasteiger partial charge in [-0.1, -0.05) is 20.4 Å². The van der Waals surface area contributed by atoms with Gasteiger partial charge in [0.1, 0.15) is 5.76 Å². The maximum atomic E-state index is 5.29. The van der Waals surface area contributed by atoms with E-state index >= 15 is 0 Å². The molecule has 0 fully saturated rings. The molecule has 0 radical (unpaired) electrons. The molecule has 0 atom stereocenters. The average Bonchev–Trinajstić information content (AvgIpc) is 2.61. The Bertz CT molecular complexity index is 355. The minimum Gasteiger partial charge on any atom is -0.469 e. The topological polar surface area (TPSA) is 28.4 Å². The van der Waals surface area contributed by atoms with E-state index in [1.807, 2.05) is 13.0 Å². The van der Waals surface area contributed by atoms with E-state index in [-0.39, 0.29) is 0 Å². The summed E-state index contributed by atoms with van der Waals surface area (Å²) in [5.41, 5.74) is 2.46. The number of nitrogens with zero attached hydrogens (tertiary/aromatic N) is 1. The van der Waals surface area contributed by atoms with Gasteiger partial charge in [-0.2, -0.15) is 0 Å². The minimum absolute atomic E-state index is 0.508. The molecular weight excluding hydrogens is 212 g/mol. The number of hydrogen-bond acceptors (Lipinski definition) is 3. The Morgan fingerprint density at radius 1 is 1.53 bits per heavy atom. The second-order valence-electron chi connectivity index (χ2n) is 4.96. The zero-order valence-corrected chi connectivity index (χ0v) is 11.4. The van der Waals surface area contributed by atoms with Gasteiger partial charge in [0.2, 0.25) is 0 Å². The van der Waals surface area contributed by atoms with Crippen LogP contribution in [0.2, 0.25) is 0 Å². The molecule has 1 rings (SSSR count). The molecule has 0 aliphatic rings. The lowest BCUT2D eigenvalue weighted by molar-refractivity contribution is 0.348. The summed E-state index contributed by atoms with van der Waals surface area (Å²) < 4.78 is 5.29. The van der Waals surface area contributed by atoms with Crippen molar-refractivity contribution in [3.05, 3.63) is 35.8 Å². The van der Waals surface area contributed by atoms with E-state index in [2.05, 4.69) is 37.7 Å². The smallest absolute Gasteiger partial charge is 0.105 e. The van der Waals surface area contributed by atoms with E-state index in [9.17, 15) is 0 Å². The average molecular weight is 236 g/mol. The second-order valence-corrected chi connectivity index (χ2v) is 4.96. The first kappa shape index (κ1) is 14.0. The highest BCUT2D eigenvalue weighted by molar-refractivity contribution is 5.15. The fraction of sp³-hybridized carbons (Fsp3) is 0.571. The van der Waals surface area contributed by atoms with Gasteiger partial charge in [0.15, 0.2) is 0 Å². The Morgan fingerprint density at radius 3 is 2.76 bits per heavy atom. The monoisotopic (exact) mass is 236 g/mol. The SMILES string of the molecule is C=C(CNC(C)C)CN(C)Cc1ccoc1C. The van der Waals surface area contributed by atoms with Crippen molar-refractivity contribution in [2.24, 2.45) is 0 Å². The van der Waals surface area contributed by atoms with Crippen LogP contribution in [-0.4, -0.2) is 31.1 Å². The molecule has 0 aliphatic carbocycles. The van der Waals surface area contributed by atoms with E-state index in [1.165, 1.54) is 11.1 Å². The second kappa shape index (κ2) is 6.62. The molecule has 0 amide bonds. The molecule has 0 bridgehead atoms. The quantitative estimate of drug-likeness (QED) is 0.738. The largest absolute Gasteiger partial charge is 0.469 e. The molecule has 0 spiro atoms. The van der Waals surface area contributed by atoms with Crippen molar-refractivity contribution in [1.82, 2.24) is 10.2 Å². The van der Waals surface area contributed by atoms with Crippen LogP contribution in [0.4, 0.5) is 0 Å². The van der Waals surface area contributed by atoms with Crippen LogP contribution < -0.4 is 5.32 Å². The van der Waals surface area contributed by atoms with Gasteiger partial charge in [0.05, 0.1) is 6.26 Å². The Hall–Kier alpha value is -1.06. The minimum atomic E-state index is 0.508. The first-order valence-electron chi connectivity index (χ1n) is 6.10. The zero-order chi connectivity index (χ0) is 12.8. The number of hydrogen-bond donors (Lipinski definition) is 1. The van der Waals surface area contributed by atoms with Crippen molar-refractivity contribution >= 4 is 0 Å². The molecule has 17 heavy (non-hydrogen) atoms. The van der Waals surface area contributed by atoms with Gasteiger partial charge in [-0.3, -0.25) is 4.90 Å². The number of furan rings is 1. The first-order valence-corrected chi connectivity index (χ1v) is 6.10. The number of aryl methyl sites for hydroxylation is 1. The predicted octanol–water partition coefficient (Wildman–Crippen LogP) is 2.57. The third kappa shape index (κ3) is 5.20. The van der Waals surface area contributed by atoms with Crippen LogP contribution in [0.1, 0.15) is 25.2 Å². The Labute approximate surface area is 104 Å². The highest BCUT2D eigenvalue weighted by Gasteiger charge is 2.06. The number of rotatable bonds is 7. The molecular formula is C14H24N2O. The predicted molar refractivity (Wildman–Crippen MR) is 72.1 cm³/mol. The van der Waals surface area contributed by atoms with Crippen molar-refractivity contribution in [3.63, 3.8) is 0 Å². The van der Waals surface area contributed by atoms with E-state index in [4.69, 9.17) is 4.42 Å². The Balaban J connectivity index is 2.32. The van der Waals surface area contributed by atoms with Crippen molar-refractivity contribution in [2.75, 3.05) is 20.1 Å². The lowest BCUT2D eigenvalue weighted by atomic mass is 10.2. The highest BCUT2D eigenvalue weighted by Crippen LogP contribution is 2.11. The molecule has 0 aromatic carbocycles. The molecule has 96 valence electrons. The zero-order valence-electron chi connectivity index (χ0n) is 11.4. The van der Waals surface area contributed by atoms with Crippen LogP contribution in [-0.2, 0) is 6.54 Å². The van der Waals surface area contributed by atoms with Crippen LogP contribution in [0.25, 0.3) is 0 Å². The van der Waals surface area contributed by atoms with Crippen molar-refractivity contribution in [3.8, 4) is 0 Å². The molecule has 3 nitrogen and oxygen atoms in total. The van der Waals surface area contributed by atoms with Gasteiger partial charge in [0.25, 0.3) is 0 Å². The molecule has 1 aromatic heterocycles. The van der Waals surface area contributed by atoms with E-state index in [0.29, 0.717) is 6.04 Å². The number of nitrogens with one attached hydrogen (secondary N) is 1. The van der Waals surface area contributed by atoms with Crippen LogP contribution in [0, 0.1) is 6.92 Å². The molecule has 1 aromatic rings. The molecule has 1 heterocycles. The summed E-state index contributed by atoms with van der Waals surface area (Å²) in [5, 5.41) is 3.38. The Morgan fingerprint density at radius 2 is 2.24 bits per heavy atom. The molecule has 0 saturated heterocycles. The third-order valence-electron chi connectivity index (χ3n) is 2.66. The summed E-state index contributed by atoms with van der Waals surface area (Å²) in [7, 11) is 2.10. The summed E-state index contributed by atoms with van der Waals surface area (Å²) in [6.45, 7) is 13.1. The van der Waals surface area contributed by atoms with Crippen LogP contribution >= 0.6 is 0 Å². The summed E-state index contributed by atoms with van der Waals surface area (Å²) in [6.07, 6.45) is 1.74. The van der Waals surface area contributed by atoms with Gasteiger partial charge in [-0.05, 0) is 25.6 Å². The van der Waals surface area contributed by atoms with Crippen LogP contribution in [0.3, 0.4) is 0 Å². The highest BCUT2D eigenvalue weighted by atomic mass is 16.3. The summed E-state index contributed by atoms with van der Waals surface area (Å²) >= 11 is 0. The Kier molecular flexibility index (Phi) is 5.45. The van der Waals surface area contributed by atoms with E-state index in [0.717, 1.165) is 25.4 Å². The first-order chi connectivity index (χ1) is 7.99. The van der Waals surface area contributed by atoms with E-state index in [1.54, 1.807) is 6.26 Å². The van der Waals surface area contributed by atoms with Crippen LogP contribution in [0.5, 0.6) is 0 Å². The summed E-state index contributed by atoms with van der Waals surface area (Å²) in [5.74, 6) is 1.00. The van der Waals surface area contributed by atoms with Crippen molar-refractivity contribution < 1.29 is 4.42 Å². The van der Waals surface area contributed by atoms with Gasteiger partial charge >= 0.3 is 0 Å². The van der Waals surface area contributed by atoms with Crippen LogP contribution in [0.15, 0.2) is 28.9 Å². The van der Waals surface area contributed by atoms with Crippen molar-refractivity contribution in [1.29, 1.82) is 0 Å². The fourth-order valence-corrected chi connectivity index (χ4v) is 1.71. The molecule has 3 heteroatoms. The normalized spacial score (nSPS) is 11.4.